The highest BCUT2D eigenvalue weighted by Crippen LogP contribution is 2.41. The Bertz CT molecular complexity index is 544. The summed E-state index contributed by atoms with van der Waals surface area (Å²) < 4.78 is 0. The Hall–Kier alpha value is -1.02. The van der Waals surface area contributed by atoms with Gasteiger partial charge >= 0.3 is 0 Å². The highest BCUT2D eigenvalue weighted by atomic mass is 35.5. The van der Waals surface area contributed by atoms with Crippen molar-refractivity contribution < 1.29 is 4.79 Å². The molecule has 0 N–H and O–H groups in total. The molecule has 1 aliphatic carbocycles. The summed E-state index contributed by atoms with van der Waals surface area (Å²) in [7, 11) is 0. The van der Waals surface area contributed by atoms with Gasteiger partial charge in [-0.2, -0.15) is 0 Å². The number of halogens is 1. The third kappa shape index (κ3) is 2.28. The van der Waals surface area contributed by atoms with Gasteiger partial charge in [-0.1, -0.05) is 24.3 Å². The summed E-state index contributed by atoms with van der Waals surface area (Å²) in [6, 6.07) is 9.31. The van der Waals surface area contributed by atoms with E-state index in [1.165, 1.54) is 11.1 Å². The third-order valence-electron chi connectivity index (χ3n) is 5.60. The van der Waals surface area contributed by atoms with Gasteiger partial charge in [0, 0.05) is 17.5 Å². The van der Waals surface area contributed by atoms with Crippen LogP contribution >= 0.6 is 11.6 Å². The van der Waals surface area contributed by atoms with Crippen molar-refractivity contribution in [2.45, 2.75) is 68.3 Å². The molecule has 3 aliphatic rings. The van der Waals surface area contributed by atoms with Gasteiger partial charge in [-0.15, -0.1) is 11.6 Å². The number of amides is 1. The summed E-state index contributed by atoms with van der Waals surface area (Å²) in [6.07, 6.45) is 7.53. The average molecular weight is 304 g/mol. The van der Waals surface area contributed by atoms with Crippen molar-refractivity contribution in [1.29, 1.82) is 0 Å². The third-order valence-corrected chi connectivity index (χ3v) is 5.95. The second-order valence-electron chi connectivity index (χ2n) is 6.84. The molecule has 0 saturated carbocycles. The maximum Gasteiger partial charge on any atom is 0.230 e. The van der Waals surface area contributed by atoms with Crippen molar-refractivity contribution in [2.24, 2.45) is 0 Å². The first-order chi connectivity index (χ1) is 10.2. The van der Waals surface area contributed by atoms with Crippen LogP contribution in [0.5, 0.6) is 0 Å². The maximum absolute atomic E-state index is 13.2. The van der Waals surface area contributed by atoms with Gasteiger partial charge in [0.15, 0.2) is 0 Å². The molecule has 2 fully saturated rings. The fourth-order valence-electron chi connectivity index (χ4n) is 4.66. The topological polar surface area (TPSA) is 20.3 Å². The van der Waals surface area contributed by atoms with E-state index >= 15 is 0 Å². The van der Waals surface area contributed by atoms with Gasteiger partial charge < -0.3 is 4.90 Å². The van der Waals surface area contributed by atoms with Crippen molar-refractivity contribution in [2.75, 3.05) is 0 Å². The number of benzene rings is 1. The molecule has 1 aromatic rings. The molecule has 2 aliphatic heterocycles. The van der Waals surface area contributed by atoms with E-state index in [9.17, 15) is 4.79 Å². The van der Waals surface area contributed by atoms with E-state index in [2.05, 4.69) is 29.2 Å². The van der Waals surface area contributed by atoms with Crippen LogP contribution in [-0.4, -0.2) is 28.3 Å². The number of piperidine rings is 1. The van der Waals surface area contributed by atoms with Gasteiger partial charge in [-0.25, -0.2) is 0 Å². The van der Waals surface area contributed by atoms with Crippen LogP contribution in [0, 0.1) is 0 Å². The highest BCUT2D eigenvalue weighted by molar-refractivity contribution is 6.20. The Balaban J connectivity index is 1.62. The Kier molecular flexibility index (Phi) is 3.45. The summed E-state index contributed by atoms with van der Waals surface area (Å²) in [5, 5.41) is 0.269. The lowest BCUT2D eigenvalue weighted by atomic mass is 9.81. The van der Waals surface area contributed by atoms with Crippen LogP contribution in [0.25, 0.3) is 0 Å². The Morgan fingerprint density at radius 2 is 1.81 bits per heavy atom. The summed E-state index contributed by atoms with van der Waals surface area (Å²) in [5.74, 6) is 0.461. The molecule has 112 valence electrons. The van der Waals surface area contributed by atoms with Crippen LogP contribution in [0.4, 0.5) is 0 Å². The SMILES string of the molecule is O=C(C1CCCc2ccccc21)N1C2CCC1CC(Cl)C2. The van der Waals surface area contributed by atoms with E-state index in [1.807, 2.05) is 0 Å². The number of carbonyl (C=O) groups is 1. The number of fused-ring (bicyclic) bond motifs is 3. The van der Waals surface area contributed by atoms with Crippen molar-refractivity contribution in [3.63, 3.8) is 0 Å². The van der Waals surface area contributed by atoms with Gasteiger partial charge in [0.25, 0.3) is 0 Å². The lowest BCUT2D eigenvalue weighted by Crippen LogP contribution is -2.49. The fourth-order valence-corrected chi connectivity index (χ4v) is 5.07. The minimum Gasteiger partial charge on any atom is -0.336 e. The van der Waals surface area contributed by atoms with Crippen LogP contribution in [0.3, 0.4) is 0 Å². The van der Waals surface area contributed by atoms with Gasteiger partial charge in [0.2, 0.25) is 5.91 Å². The zero-order chi connectivity index (χ0) is 14.4. The second kappa shape index (κ2) is 5.31. The maximum atomic E-state index is 13.2. The van der Waals surface area contributed by atoms with Gasteiger partial charge in [-0.3, -0.25) is 4.79 Å². The van der Waals surface area contributed by atoms with E-state index in [0.29, 0.717) is 18.0 Å². The van der Waals surface area contributed by atoms with Gasteiger partial charge in [-0.05, 0) is 56.1 Å². The minimum atomic E-state index is 0.0879. The second-order valence-corrected chi connectivity index (χ2v) is 7.46. The molecular formula is C18H22ClNO. The van der Waals surface area contributed by atoms with Crippen LogP contribution in [0.1, 0.15) is 55.6 Å². The Morgan fingerprint density at radius 1 is 1.10 bits per heavy atom. The van der Waals surface area contributed by atoms with E-state index in [1.54, 1.807) is 0 Å². The van der Waals surface area contributed by atoms with Crippen molar-refractivity contribution in [3.8, 4) is 0 Å². The van der Waals surface area contributed by atoms with Crippen molar-refractivity contribution in [3.05, 3.63) is 35.4 Å². The van der Waals surface area contributed by atoms with Crippen LogP contribution < -0.4 is 0 Å². The number of nitrogens with zero attached hydrogens (tertiary/aromatic N) is 1. The van der Waals surface area contributed by atoms with Crippen molar-refractivity contribution >= 4 is 17.5 Å². The summed E-state index contributed by atoms with van der Waals surface area (Å²) in [6.45, 7) is 0. The molecule has 1 aromatic carbocycles. The minimum absolute atomic E-state index is 0.0879. The summed E-state index contributed by atoms with van der Waals surface area (Å²) in [5.41, 5.74) is 2.66. The van der Waals surface area contributed by atoms with E-state index in [-0.39, 0.29) is 11.3 Å². The molecule has 0 aromatic heterocycles. The molecule has 2 bridgehead atoms. The first kappa shape index (κ1) is 13.6. The van der Waals surface area contributed by atoms with E-state index < -0.39 is 0 Å². The molecular weight excluding hydrogens is 282 g/mol. The molecule has 1 amide bonds. The predicted molar refractivity (Wildman–Crippen MR) is 84.7 cm³/mol. The summed E-state index contributed by atoms with van der Waals surface area (Å²) in [4.78, 5) is 15.4. The Morgan fingerprint density at radius 3 is 2.57 bits per heavy atom. The van der Waals surface area contributed by atoms with Crippen LogP contribution in [0.15, 0.2) is 24.3 Å². The monoisotopic (exact) mass is 303 g/mol. The normalized spacial score (nSPS) is 34.6. The first-order valence-corrected chi connectivity index (χ1v) is 8.71. The first-order valence-electron chi connectivity index (χ1n) is 8.28. The number of carbonyl (C=O) groups excluding carboxylic acids is 1. The zero-order valence-electron chi connectivity index (χ0n) is 12.3. The fraction of sp³-hybridized carbons (Fsp3) is 0.611. The van der Waals surface area contributed by atoms with E-state index in [4.69, 9.17) is 11.6 Å². The number of hydrogen-bond donors (Lipinski definition) is 0. The van der Waals surface area contributed by atoms with E-state index in [0.717, 1.165) is 44.9 Å². The molecule has 2 saturated heterocycles. The average Bonchev–Trinajstić information content (AvgIpc) is 2.78. The molecule has 3 unspecified atom stereocenters. The molecule has 3 heteroatoms. The number of alkyl halides is 1. The molecule has 3 atom stereocenters. The quantitative estimate of drug-likeness (QED) is 0.721. The predicted octanol–water partition coefficient (Wildman–Crippen LogP) is 3.87. The van der Waals surface area contributed by atoms with Crippen LogP contribution in [-0.2, 0) is 11.2 Å². The molecule has 2 heterocycles. The molecule has 2 nitrogen and oxygen atoms in total. The zero-order valence-corrected chi connectivity index (χ0v) is 13.1. The molecule has 4 rings (SSSR count). The number of rotatable bonds is 1. The molecule has 0 radical (unpaired) electrons. The highest BCUT2D eigenvalue weighted by Gasteiger charge is 2.45. The molecule has 0 spiro atoms. The largest absolute Gasteiger partial charge is 0.336 e. The smallest absolute Gasteiger partial charge is 0.230 e. The Labute approximate surface area is 131 Å². The summed E-state index contributed by atoms with van der Waals surface area (Å²) >= 11 is 6.35. The lowest BCUT2D eigenvalue weighted by Gasteiger charge is -2.40. The van der Waals surface area contributed by atoms with Crippen molar-refractivity contribution in [1.82, 2.24) is 4.90 Å². The molecule has 21 heavy (non-hydrogen) atoms. The lowest BCUT2D eigenvalue weighted by molar-refractivity contribution is -0.137. The van der Waals surface area contributed by atoms with Gasteiger partial charge in [0.1, 0.15) is 0 Å². The van der Waals surface area contributed by atoms with Crippen LogP contribution in [0.2, 0.25) is 0 Å². The number of aryl methyl sites for hydroxylation is 1. The standard InChI is InChI=1S/C18H22ClNO/c19-13-10-14-8-9-15(11-13)20(14)18(21)17-7-3-5-12-4-1-2-6-16(12)17/h1-2,4,6,13-15,17H,3,5,7-11H2. The van der Waals surface area contributed by atoms with Gasteiger partial charge in [0.05, 0.1) is 5.92 Å². The number of hydrogen-bond acceptors (Lipinski definition) is 1.